The maximum absolute atomic E-state index is 12.8. The van der Waals surface area contributed by atoms with Crippen molar-refractivity contribution >= 4 is 11.9 Å². The number of benzene rings is 1. The lowest BCUT2D eigenvalue weighted by Gasteiger charge is -2.30. The molecule has 0 radical (unpaired) electrons. The minimum Gasteiger partial charge on any atom is -0.481 e. The SMILES string of the molecule is O=C(O)C1CCN(C(=O)[C@@H]2C[C@H]2c2cccc(C(F)(F)F)c2)CC1. The van der Waals surface area contributed by atoms with Crippen LogP contribution in [-0.4, -0.2) is 35.0 Å². The van der Waals surface area contributed by atoms with Gasteiger partial charge < -0.3 is 10.0 Å². The van der Waals surface area contributed by atoms with E-state index < -0.39 is 23.6 Å². The van der Waals surface area contributed by atoms with E-state index in [0.29, 0.717) is 37.9 Å². The van der Waals surface area contributed by atoms with Crippen LogP contribution in [0.2, 0.25) is 0 Å². The number of amides is 1. The van der Waals surface area contributed by atoms with Crippen LogP contribution in [0.15, 0.2) is 24.3 Å². The fraction of sp³-hybridized carbons (Fsp3) is 0.529. The highest BCUT2D eigenvalue weighted by Gasteiger charge is 2.47. The van der Waals surface area contributed by atoms with Crippen LogP contribution in [0.25, 0.3) is 0 Å². The lowest BCUT2D eigenvalue weighted by Crippen LogP contribution is -2.41. The highest BCUT2D eigenvalue weighted by Crippen LogP contribution is 2.49. The van der Waals surface area contributed by atoms with Gasteiger partial charge in [0.1, 0.15) is 0 Å². The maximum Gasteiger partial charge on any atom is 0.416 e. The monoisotopic (exact) mass is 341 g/mol. The predicted octanol–water partition coefficient (Wildman–Crippen LogP) is 3.13. The predicted molar refractivity (Wildman–Crippen MR) is 79.2 cm³/mol. The van der Waals surface area contributed by atoms with Crippen LogP contribution >= 0.6 is 0 Å². The minimum atomic E-state index is -4.39. The summed E-state index contributed by atoms with van der Waals surface area (Å²) < 4.78 is 38.3. The average Bonchev–Trinajstić information content (AvgIpc) is 3.34. The van der Waals surface area contributed by atoms with E-state index in [-0.39, 0.29) is 17.7 Å². The molecule has 24 heavy (non-hydrogen) atoms. The third-order valence-electron chi connectivity index (χ3n) is 4.91. The van der Waals surface area contributed by atoms with E-state index in [9.17, 15) is 22.8 Å². The molecule has 1 saturated carbocycles. The lowest BCUT2D eigenvalue weighted by atomic mass is 9.96. The van der Waals surface area contributed by atoms with Gasteiger partial charge in [-0.2, -0.15) is 13.2 Å². The van der Waals surface area contributed by atoms with E-state index in [1.54, 1.807) is 11.0 Å². The van der Waals surface area contributed by atoms with Gasteiger partial charge in [0, 0.05) is 19.0 Å². The number of aliphatic carboxylic acids is 1. The average molecular weight is 341 g/mol. The summed E-state index contributed by atoms with van der Waals surface area (Å²) >= 11 is 0. The van der Waals surface area contributed by atoms with Gasteiger partial charge in [0.25, 0.3) is 0 Å². The van der Waals surface area contributed by atoms with Gasteiger partial charge in [0.2, 0.25) is 5.91 Å². The molecule has 0 spiro atoms. The van der Waals surface area contributed by atoms with Gasteiger partial charge in [0.05, 0.1) is 11.5 Å². The molecule has 1 aliphatic heterocycles. The second-order valence-electron chi connectivity index (χ2n) is 6.51. The van der Waals surface area contributed by atoms with E-state index in [0.717, 1.165) is 12.1 Å². The second-order valence-corrected chi connectivity index (χ2v) is 6.51. The number of carbonyl (C=O) groups excluding carboxylic acids is 1. The molecule has 1 N–H and O–H groups in total. The Labute approximate surface area is 137 Å². The van der Waals surface area contributed by atoms with Crippen molar-refractivity contribution in [3.63, 3.8) is 0 Å². The molecule has 1 aliphatic carbocycles. The first-order chi connectivity index (χ1) is 11.3. The van der Waals surface area contributed by atoms with Gasteiger partial charge in [-0.3, -0.25) is 9.59 Å². The Morgan fingerprint density at radius 2 is 1.83 bits per heavy atom. The Balaban J connectivity index is 1.61. The Morgan fingerprint density at radius 1 is 1.17 bits per heavy atom. The van der Waals surface area contributed by atoms with E-state index >= 15 is 0 Å². The summed E-state index contributed by atoms with van der Waals surface area (Å²) in [6.45, 7) is 0.809. The van der Waals surface area contributed by atoms with Crippen LogP contribution in [0.3, 0.4) is 0 Å². The van der Waals surface area contributed by atoms with Gasteiger partial charge >= 0.3 is 12.1 Å². The Bertz CT molecular complexity index is 651. The van der Waals surface area contributed by atoms with E-state index in [1.165, 1.54) is 6.07 Å². The fourth-order valence-electron chi connectivity index (χ4n) is 3.36. The van der Waals surface area contributed by atoms with Crippen LogP contribution in [0.5, 0.6) is 0 Å². The lowest BCUT2D eigenvalue weighted by molar-refractivity contribution is -0.146. The minimum absolute atomic E-state index is 0.0683. The number of hydrogen-bond donors (Lipinski definition) is 1. The van der Waals surface area contributed by atoms with Crippen LogP contribution in [0.1, 0.15) is 36.3 Å². The van der Waals surface area contributed by atoms with Crippen molar-refractivity contribution in [2.75, 3.05) is 13.1 Å². The molecule has 1 saturated heterocycles. The zero-order chi connectivity index (χ0) is 17.5. The molecule has 130 valence electrons. The number of carbonyl (C=O) groups is 2. The van der Waals surface area contributed by atoms with Crippen LogP contribution in [0.4, 0.5) is 13.2 Å². The molecule has 0 aromatic heterocycles. The van der Waals surface area contributed by atoms with E-state index in [4.69, 9.17) is 5.11 Å². The van der Waals surface area contributed by atoms with Crippen molar-refractivity contribution < 1.29 is 27.9 Å². The summed E-state index contributed by atoms with van der Waals surface area (Å²) in [6.07, 6.45) is -2.97. The van der Waals surface area contributed by atoms with Crippen molar-refractivity contribution in [2.24, 2.45) is 11.8 Å². The number of alkyl halides is 3. The zero-order valence-corrected chi connectivity index (χ0v) is 12.9. The Kier molecular flexibility index (Phi) is 4.27. The van der Waals surface area contributed by atoms with Crippen molar-refractivity contribution in [1.82, 2.24) is 4.90 Å². The van der Waals surface area contributed by atoms with Crippen molar-refractivity contribution in [1.29, 1.82) is 0 Å². The molecular formula is C17H18F3NO3. The standard InChI is InChI=1S/C17H18F3NO3/c18-17(19,20)12-3-1-2-11(8-12)13-9-14(13)15(22)21-6-4-10(5-7-21)16(23)24/h1-3,8,10,13-14H,4-7,9H2,(H,23,24)/t13-,14+/m0/s1. The number of halogens is 3. The molecule has 2 atom stereocenters. The van der Waals surface area contributed by atoms with Crippen molar-refractivity contribution in [3.8, 4) is 0 Å². The second kappa shape index (κ2) is 6.11. The number of carboxylic acids is 1. The van der Waals surface area contributed by atoms with Crippen LogP contribution < -0.4 is 0 Å². The molecule has 4 nitrogen and oxygen atoms in total. The molecule has 2 fully saturated rings. The molecule has 1 amide bonds. The van der Waals surface area contributed by atoms with E-state index in [2.05, 4.69) is 0 Å². The van der Waals surface area contributed by atoms with Gasteiger partial charge in [-0.15, -0.1) is 0 Å². The Hall–Kier alpha value is -2.05. The van der Waals surface area contributed by atoms with Crippen LogP contribution in [0, 0.1) is 11.8 Å². The smallest absolute Gasteiger partial charge is 0.416 e. The molecule has 3 rings (SSSR count). The third kappa shape index (κ3) is 3.39. The molecule has 7 heteroatoms. The fourth-order valence-corrected chi connectivity index (χ4v) is 3.36. The summed E-state index contributed by atoms with van der Waals surface area (Å²) in [5.74, 6) is -1.77. The van der Waals surface area contributed by atoms with Crippen molar-refractivity contribution in [2.45, 2.75) is 31.4 Å². The quantitative estimate of drug-likeness (QED) is 0.919. The molecule has 1 aromatic carbocycles. The Morgan fingerprint density at radius 3 is 2.42 bits per heavy atom. The largest absolute Gasteiger partial charge is 0.481 e. The number of carboxylic acid groups (broad SMARTS) is 1. The zero-order valence-electron chi connectivity index (χ0n) is 12.9. The molecular weight excluding hydrogens is 323 g/mol. The van der Waals surface area contributed by atoms with Crippen LogP contribution in [-0.2, 0) is 15.8 Å². The number of likely N-dealkylation sites (tertiary alicyclic amines) is 1. The topological polar surface area (TPSA) is 57.6 Å². The summed E-state index contributed by atoms with van der Waals surface area (Å²) in [6, 6.07) is 5.15. The molecule has 1 aromatic rings. The molecule has 1 heterocycles. The summed E-state index contributed by atoms with van der Waals surface area (Å²) in [5.41, 5.74) is -0.149. The maximum atomic E-state index is 12.8. The van der Waals surface area contributed by atoms with Gasteiger partial charge in [-0.1, -0.05) is 18.2 Å². The molecule has 2 aliphatic rings. The first kappa shape index (κ1) is 16.8. The summed E-state index contributed by atoms with van der Waals surface area (Å²) in [7, 11) is 0. The number of piperidine rings is 1. The van der Waals surface area contributed by atoms with E-state index in [1.807, 2.05) is 0 Å². The molecule has 0 unspecified atom stereocenters. The first-order valence-corrected chi connectivity index (χ1v) is 7.96. The first-order valence-electron chi connectivity index (χ1n) is 7.96. The van der Waals surface area contributed by atoms with Gasteiger partial charge in [-0.25, -0.2) is 0 Å². The van der Waals surface area contributed by atoms with Crippen molar-refractivity contribution in [3.05, 3.63) is 35.4 Å². The normalized spacial score (nSPS) is 24.7. The number of rotatable bonds is 3. The highest BCUT2D eigenvalue weighted by molar-refractivity contribution is 5.83. The highest BCUT2D eigenvalue weighted by atomic mass is 19.4. The van der Waals surface area contributed by atoms with Gasteiger partial charge in [0.15, 0.2) is 0 Å². The summed E-state index contributed by atoms with van der Waals surface area (Å²) in [5, 5.41) is 8.97. The number of nitrogens with zero attached hydrogens (tertiary/aromatic N) is 1. The third-order valence-corrected chi connectivity index (χ3v) is 4.91. The number of hydrogen-bond acceptors (Lipinski definition) is 2. The van der Waals surface area contributed by atoms with Gasteiger partial charge in [-0.05, 0) is 36.8 Å². The summed E-state index contributed by atoms with van der Waals surface area (Å²) in [4.78, 5) is 25.0. The molecule has 0 bridgehead atoms.